The molecule has 5 saturated carbocycles. The Bertz CT molecular complexity index is 936. The third-order valence-electron chi connectivity index (χ3n) is 13.1. The molecule has 0 bridgehead atoms. The van der Waals surface area contributed by atoms with Crippen LogP contribution in [0, 0.1) is 56.7 Å². The van der Waals surface area contributed by atoms with Gasteiger partial charge in [0.25, 0.3) is 0 Å². The number of hydrogen-bond acceptors (Lipinski definition) is 3. The lowest BCUT2D eigenvalue weighted by atomic mass is 9.32. The van der Waals surface area contributed by atoms with E-state index in [9.17, 15) is 19.8 Å². The lowest BCUT2D eigenvalue weighted by molar-refractivity contribution is -0.259. The molecule has 0 aromatic rings. The van der Waals surface area contributed by atoms with Crippen molar-refractivity contribution in [3.63, 3.8) is 0 Å². The van der Waals surface area contributed by atoms with E-state index >= 15 is 0 Å². The van der Waals surface area contributed by atoms with Crippen LogP contribution >= 0.6 is 0 Å². The van der Waals surface area contributed by atoms with Crippen molar-refractivity contribution in [3.8, 4) is 0 Å². The Labute approximate surface area is 206 Å². The average Bonchev–Trinajstić information content (AvgIpc) is 3.13. The molecule has 10 atom stereocenters. The number of ketones is 1. The summed E-state index contributed by atoms with van der Waals surface area (Å²) in [5, 5.41) is 22.2. The Hall–Kier alpha value is -1.16. The van der Waals surface area contributed by atoms with Crippen LogP contribution in [0.3, 0.4) is 0 Å². The number of carboxylic acid groups (broad SMARTS) is 1. The molecule has 4 heteroatoms. The zero-order valence-corrected chi connectivity index (χ0v) is 22.2. The number of hydrogen-bond donors (Lipinski definition) is 2. The van der Waals surface area contributed by atoms with Gasteiger partial charge in [0.2, 0.25) is 0 Å². The normalized spacial score (nSPS) is 53.8. The molecule has 5 fully saturated rings. The standard InChI is InChI=1S/C30H46O4/c1-17(2)18-10-13-30(25(33)34)15-14-28(6)19(23(18)30)8-9-21-27(5)12-11-22(32)26(3,4)24(27)20(31)16-29(21,28)7/h18-21,23-24,31H,1,8-16H2,2-7H3,(H,33,34)/t18-,19+,20-,21-,23+,24-,27+,28+,29+,30-/m0/s1. The highest BCUT2D eigenvalue weighted by Gasteiger charge is 2.73. The number of fused-ring (bicyclic) bond motifs is 7. The van der Waals surface area contributed by atoms with Gasteiger partial charge in [-0.2, -0.15) is 0 Å². The van der Waals surface area contributed by atoms with Crippen LogP contribution in [0.5, 0.6) is 0 Å². The maximum Gasteiger partial charge on any atom is 0.309 e. The number of carbonyl (C=O) groups is 2. The van der Waals surface area contributed by atoms with Gasteiger partial charge in [-0.3, -0.25) is 9.59 Å². The molecule has 5 aliphatic rings. The largest absolute Gasteiger partial charge is 0.481 e. The third-order valence-corrected chi connectivity index (χ3v) is 13.1. The molecule has 0 amide bonds. The molecule has 0 saturated heterocycles. The first kappa shape index (κ1) is 24.5. The van der Waals surface area contributed by atoms with E-state index < -0.39 is 22.9 Å². The second-order valence-corrected chi connectivity index (χ2v) is 14.4. The number of aliphatic hydroxyl groups is 1. The summed E-state index contributed by atoms with van der Waals surface area (Å²) in [6.07, 6.45) is 7.24. The van der Waals surface area contributed by atoms with Crippen LogP contribution in [0.4, 0.5) is 0 Å². The smallest absolute Gasteiger partial charge is 0.309 e. The number of carbonyl (C=O) groups excluding carboxylic acids is 1. The van der Waals surface area contributed by atoms with Crippen molar-refractivity contribution in [1.29, 1.82) is 0 Å². The van der Waals surface area contributed by atoms with Crippen molar-refractivity contribution in [3.05, 3.63) is 12.2 Å². The van der Waals surface area contributed by atoms with Crippen molar-refractivity contribution in [2.75, 3.05) is 0 Å². The lowest BCUT2D eigenvalue weighted by Gasteiger charge is -2.72. The van der Waals surface area contributed by atoms with E-state index in [0.717, 1.165) is 56.9 Å². The number of aliphatic hydroxyl groups excluding tert-OH is 1. The minimum atomic E-state index is -0.615. The molecule has 0 heterocycles. The quantitative estimate of drug-likeness (QED) is 0.467. The number of rotatable bonds is 2. The van der Waals surface area contributed by atoms with E-state index in [-0.39, 0.29) is 34.0 Å². The van der Waals surface area contributed by atoms with E-state index in [1.807, 2.05) is 0 Å². The second kappa shape index (κ2) is 7.20. The Balaban J connectivity index is 1.60. The van der Waals surface area contributed by atoms with Crippen molar-refractivity contribution < 1.29 is 19.8 Å². The summed E-state index contributed by atoms with van der Waals surface area (Å²) in [5.74, 6) is 0.916. The molecule has 2 N–H and O–H groups in total. The number of allylic oxidation sites excluding steroid dienone is 1. The van der Waals surface area contributed by atoms with Gasteiger partial charge in [-0.25, -0.2) is 0 Å². The predicted octanol–water partition coefficient (Wildman–Crippen LogP) is 6.27. The van der Waals surface area contributed by atoms with Gasteiger partial charge in [0.1, 0.15) is 5.78 Å². The summed E-state index contributed by atoms with van der Waals surface area (Å²) in [4.78, 5) is 25.7. The molecule has 34 heavy (non-hydrogen) atoms. The molecule has 5 rings (SSSR count). The summed E-state index contributed by atoms with van der Waals surface area (Å²) in [6, 6.07) is 0. The van der Waals surface area contributed by atoms with E-state index in [2.05, 4.69) is 48.1 Å². The van der Waals surface area contributed by atoms with Gasteiger partial charge >= 0.3 is 5.97 Å². The van der Waals surface area contributed by atoms with Crippen molar-refractivity contribution in [1.82, 2.24) is 0 Å². The van der Waals surface area contributed by atoms with Gasteiger partial charge in [0, 0.05) is 17.8 Å². The summed E-state index contributed by atoms with van der Waals surface area (Å²) in [6.45, 7) is 17.8. The van der Waals surface area contributed by atoms with Crippen LogP contribution in [0.1, 0.15) is 99.3 Å². The van der Waals surface area contributed by atoms with Gasteiger partial charge in [-0.15, -0.1) is 0 Å². The minimum Gasteiger partial charge on any atom is -0.481 e. The van der Waals surface area contributed by atoms with Crippen molar-refractivity contribution in [2.45, 2.75) is 105 Å². The molecule has 0 aromatic heterocycles. The van der Waals surface area contributed by atoms with Crippen LogP contribution in [-0.4, -0.2) is 28.1 Å². The highest BCUT2D eigenvalue weighted by molar-refractivity contribution is 5.85. The van der Waals surface area contributed by atoms with Crippen LogP contribution in [0.25, 0.3) is 0 Å². The molecule has 0 unspecified atom stereocenters. The maximum atomic E-state index is 12.9. The van der Waals surface area contributed by atoms with Gasteiger partial charge in [0.15, 0.2) is 0 Å². The summed E-state index contributed by atoms with van der Waals surface area (Å²) < 4.78 is 0. The zero-order valence-electron chi connectivity index (χ0n) is 22.2. The highest BCUT2D eigenvalue weighted by Crippen LogP contribution is 2.77. The van der Waals surface area contributed by atoms with Crippen LogP contribution in [0.2, 0.25) is 0 Å². The van der Waals surface area contributed by atoms with Gasteiger partial charge < -0.3 is 10.2 Å². The van der Waals surface area contributed by atoms with Crippen molar-refractivity contribution in [2.24, 2.45) is 56.7 Å². The topological polar surface area (TPSA) is 74.6 Å². The Morgan fingerprint density at radius 1 is 0.971 bits per heavy atom. The number of aliphatic carboxylic acids is 1. The number of carboxylic acids is 1. The van der Waals surface area contributed by atoms with Crippen LogP contribution < -0.4 is 0 Å². The zero-order chi connectivity index (χ0) is 25.1. The number of Topliss-reactive ketones (excluding diaryl/α,β-unsaturated/α-hetero) is 1. The van der Waals surface area contributed by atoms with Gasteiger partial charge in [-0.05, 0) is 98.2 Å². The van der Waals surface area contributed by atoms with Crippen molar-refractivity contribution >= 4 is 11.8 Å². The Morgan fingerprint density at radius 2 is 1.65 bits per heavy atom. The fourth-order valence-electron chi connectivity index (χ4n) is 11.5. The van der Waals surface area contributed by atoms with E-state index in [4.69, 9.17) is 0 Å². The SMILES string of the molecule is C=C(C)[C@@H]1CC[C@]2(C(=O)O)CC[C@]3(C)[C@H](CC[C@H]4[C@@]5(C)CCC(=O)C(C)(C)[C@@H]5[C@@H](O)C[C@]43C)[C@@H]12. The average molecular weight is 471 g/mol. The first-order valence-corrected chi connectivity index (χ1v) is 13.8. The first-order valence-electron chi connectivity index (χ1n) is 13.8. The van der Waals surface area contributed by atoms with Crippen LogP contribution in [0.15, 0.2) is 12.2 Å². The summed E-state index contributed by atoms with van der Waals surface area (Å²) in [5.41, 5.74) is -0.110. The Morgan fingerprint density at radius 3 is 2.26 bits per heavy atom. The highest BCUT2D eigenvalue weighted by atomic mass is 16.4. The summed E-state index contributed by atoms with van der Waals surface area (Å²) >= 11 is 0. The second-order valence-electron chi connectivity index (χ2n) is 14.4. The van der Waals surface area contributed by atoms with Gasteiger partial charge in [-0.1, -0.05) is 46.8 Å². The van der Waals surface area contributed by atoms with E-state index in [0.29, 0.717) is 24.0 Å². The molecule has 0 aromatic carbocycles. The predicted molar refractivity (Wildman–Crippen MR) is 133 cm³/mol. The molecule has 4 nitrogen and oxygen atoms in total. The third kappa shape index (κ3) is 2.70. The minimum absolute atomic E-state index is 0.00387. The molecule has 190 valence electrons. The fraction of sp³-hybridized carbons (Fsp3) is 0.867. The molecule has 0 radical (unpaired) electrons. The molecular formula is C30H46O4. The summed E-state index contributed by atoms with van der Waals surface area (Å²) in [7, 11) is 0. The molecule has 5 aliphatic carbocycles. The lowest BCUT2D eigenvalue weighted by Crippen LogP contribution is -2.69. The van der Waals surface area contributed by atoms with E-state index in [1.165, 1.54) is 0 Å². The Kier molecular flexibility index (Phi) is 5.20. The van der Waals surface area contributed by atoms with Crippen LogP contribution in [-0.2, 0) is 9.59 Å². The molecule has 0 spiro atoms. The first-order chi connectivity index (χ1) is 15.7. The van der Waals surface area contributed by atoms with Gasteiger partial charge in [0.05, 0.1) is 11.5 Å². The monoisotopic (exact) mass is 470 g/mol. The maximum absolute atomic E-state index is 12.9. The molecular weight excluding hydrogens is 424 g/mol. The molecule has 0 aliphatic heterocycles. The van der Waals surface area contributed by atoms with E-state index in [1.54, 1.807) is 0 Å². The fourth-order valence-corrected chi connectivity index (χ4v) is 11.5.